The number of hydrogen-bond acceptors (Lipinski definition) is 4. The van der Waals surface area contributed by atoms with Crippen LogP contribution in [-0.2, 0) is 13.0 Å². The Hall–Kier alpha value is -1.81. The van der Waals surface area contributed by atoms with Crippen molar-refractivity contribution >= 4 is 0 Å². The number of nitrogens with one attached hydrogen (secondary N) is 1. The normalized spacial score (nSPS) is 14.4. The number of nitrogens with zero attached hydrogens (tertiary/aromatic N) is 3. The molecule has 0 atom stereocenters. The molecule has 1 N–H and O–H groups in total. The summed E-state index contributed by atoms with van der Waals surface area (Å²) in [6.45, 7) is 3.77. The second-order valence-electron chi connectivity index (χ2n) is 4.21. The minimum atomic E-state index is 0.825. The standard InChI is InChI=1S/C13H14N4/c1-9-16-12-8-15-6-4-11(12)13(17-9)10-3-2-5-14-7-10/h2-3,5,7,15H,4,6,8H2,1H3. The van der Waals surface area contributed by atoms with Gasteiger partial charge in [0.15, 0.2) is 0 Å². The van der Waals surface area contributed by atoms with Gasteiger partial charge in [0.25, 0.3) is 0 Å². The monoisotopic (exact) mass is 226 g/mol. The van der Waals surface area contributed by atoms with E-state index in [4.69, 9.17) is 0 Å². The van der Waals surface area contributed by atoms with E-state index in [0.717, 1.165) is 42.3 Å². The molecule has 0 saturated heterocycles. The first-order valence-electron chi connectivity index (χ1n) is 5.82. The molecule has 4 heteroatoms. The Morgan fingerprint density at radius 2 is 2.24 bits per heavy atom. The molecule has 0 bridgehead atoms. The highest BCUT2D eigenvalue weighted by Gasteiger charge is 2.17. The van der Waals surface area contributed by atoms with Gasteiger partial charge in [0.1, 0.15) is 5.82 Å². The summed E-state index contributed by atoms with van der Waals surface area (Å²) in [5.74, 6) is 0.825. The Labute approximate surface area is 100 Å². The summed E-state index contributed by atoms with van der Waals surface area (Å²) >= 11 is 0. The summed E-state index contributed by atoms with van der Waals surface area (Å²) in [5.41, 5.74) is 4.52. The Balaban J connectivity index is 2.19. The Bertz CT molecular complexity index is 537. The van der Waals surface area contributed by atoms with Gasteiger partial charge in [0.05, 0.1) is 11.4 Å². The van der Waals surface area contributed by atoms with Gasteiger partial charge >= 0.3 is 0 Å². The van der Waals surface area contributed by atoms with Crippen molar-refractivity contribution in [3.05, 3.63) is 41.6 Å². The van der Waals surface area contributed by atoms with Gasteiger partial charge in [-0.3, -0.25) is 4.98 Å². The number of fused-ring (bicyclic) bond motifs is 1. The summed E-state index contributed by atoms with van der Waals surface area (Å²) < 4.78 is 0. The van der Waals surface area contributed by atoms with Crippen molar-refractivity contribution in [1.82, 2.24) is 20.3 Å². The molecular formula is C13H14N4. The lowest BCUT2D eigenvalue weighted by molar-refractivity contribution is 0.621. The summed E-state index contributed by atoms with van der Waals surface area (Å²) in [6.07, 6.45) is 4.63. The zero-order chi connectivity index (χ0) is 11.7. The van der Waals surface area contributed by atoms with Gasteiger partial charge in [-0.25, -0.2) is 9.97 Å². The minimum absolute atomic E-state index is 0.825. The van der Waals surface area contributed by atoms with E-state index in [1.807, 2.05) is 19.2 Å². The summed E-state index contributed by atoms with van der Waals surface area (Å²) in [7, 11) is 0. The maximum Gasteiger partial charge on any atom is 0.126 e. The van der Waals surface area contributed by atoms with E-state index in [9.17, 15) is 0 Å². The summed E-state index contributed by atoms with van der Waals surface area (Å²) in [5, 5.41) is 3.34. The highest BCUT2D eigenvalue weighted by atomic mass is 15.0. The molecule has 0 unspecified atom stereocenters. The van der Waals surface area contributed by atoms with E-state index in [1.54, 1.807) is 6.20 Å². The van der Waals surface area contributed by atoms with Crippen molar-refractivity contribution in [2.24, 2.45) is 0 Å². The summed E-state index contributed by atoms with van der Waals surface area (Å²) in [6, 6.07) is 4.00. The first kappa shape index (κ1) is 10.4. The molecule has 86 valence electrons. The van der Waals surface area contributed by atoms with Crippen LogP contribution in [0.2, 0.25) is 0 Å². The average molecular weight is 226 g/mol. The quantitative estimate of drug-likeness (QED) is 0.800. The zero-order valence-corrected chi connectivity index (χ0v) is 9.77. The Morgan fingerprint density at radius 1 is 1.29 bits per heavy atom. The average Bonchev–Trinajstić information content (AvgIpc) is 2.39. The fraction of sp³-hybridized carbons (Fsp3) is 0.308. The van der Waals surface area contributed by atoms with Crippen LogP contribution in [0.4, 0.5) is 0 Å². The lowest BCUT2D eigenvalue weighted by Gasteiger charge is -2.19. The van der Waals surface area contributed by atoms with Crippen LogP contribution in [0.15, 0.2) is 24.5 Å². The van der Waals surface area contributed by atoms with E-state index in [0.29, 0.717) is 0 Å². The van der Waals surface area contributed by atoms with E-state index >= 15 is 0 Å². The number of hydrogen-bond donors (Lipinski definition) is 1. The fourth-order valence-electron chi connectivity index (χ4n) is 2.22. The van der Waals surface area contributed by atoms with Crippen LogP contribution < -0.4 is 5.32 Å². The molecule has 2 aromatic rings. The highest BCUT2D eigenvalue weighted by Crippen LogP contribution is 2.24. The molecule has 0 aromatic carbocycles. The van der Waals surface area contributed by atoms with Crippen LogP contribution in [-0.4, -0.2) is 21.5 Å². The van der Waals surface area contributed by atoms with Gasteiger partial charge in [0.2, 0.25) is 0 Å². The van der Waals surface area contributed by atoms with Crippen LogP contribution >= 0.6 is 0 Å². The van der Waals surface area contributed by atoms with Crippen molar-refractivity contribution in [1.29, 1.82) is 0 Å². The molecule has 0 fully saturated rings. The van der Waals surface area contributed by atoms with E-state index in [2.05, 4.69) is 26.3 Å². The smallest absolute Gasteiger partial charge is 0.126 e. The molecule has 0 spiro atoms. The van der Waals surface area contributed by atoms with E-state index < -0.39 is 0 Å². The van der Waals surface area contributed by atoms with Crippen LogP contribution in [0.1, 0.15) is 17.1 Å². The molecule has 17 heavy (non-hydrogen) atoms. The maximum absolute atomic E-state index is 4.58. The lowest BCUT2D eigenvalue weighted by atomic mass is 10.0. The SMILES string of the molecule is Cc1nc2c(c(-c3cccnc3)n1)CCNC2. The molecule has 0 radical (unpaired) electrons. The first-order chi connectivity index (χ1) is 8.34. The van der Waals surface area contributed by atoms with Crippen molar-refractivity contribution < 1.29 is 0 Å². The van der Waals surface area contributed by atoms with Crippen molar-refractivity contribution in [3.8, 4) is 11.3 Å². The Morgan fingerprint density at radius 3 is 3.06 bits per heavy atom. The largest absolute Gasteiger partial charge is 0.311 e. The molecule has 0 amide bonds. The number of aromatic nitrogens is 3. The van der Waals surface area contributed by atoms with Crippen LogP contribution in [0, 0.1) is 6.92 Å². The molecule has 4 nitrogen and oxygen atoms in total. The van der Waals surface area contributed by atoms with Gasteiger partial charge in [-0.1, -0.05) is 0 Å². The molecular weight excluding hydrogens is 212 g/mol. The molecule has 0 saturated carbocycles. The first-order valence-corrected chi connectivity index (χ1v) is 5.82. The predicted molar refractivity (Wildman–Crippen MR) is 65.4 cm³/mol. The third-order valence-electron chi connectivity index (χ3n) is 2.98. The fourth-order valence-corrected chi connectivity index (χ4v) is 2.22. The third-order valence-corrected chi connectivity index (χ3v) is 2.98. The van der Waals surface area contributed by atoms with Crippen molar-refractivity contribution in [3.63, 3.8) is 0 Å². The topological polar surface area (TPSA) is 50.7 Å². The van der Waals surface area contributed by atoms with Crippen molar-refractivity contribution in [2.75, 3.05) is 6.54 Å². The van der Waals surface area contributed by atoms with E-state index in [-0.39, 0.29) is 0 Å². The minimum Gasteiger partial charge on any atom is -0.311 e. The number of aryl methyl sites for hydroxylation is 1. The van der Waals surface area contributed by atoms with Crippen molar-refractivity contribution in [2.45, 2.75) is 19.9 Å². The van der Waals surface area contributed by atoms with Crippen LogP contribution in [0.5, 0.6) is 0 Å². The molecule has 3 heterocycles. The van der Waals surface area contributed by atoms with Crippen LogP contribution in [0.25, 0.3) is 11.3 Å². The van der Waals surface area contributed by atoms with Gasteiger partial charge in [-0.2, -0.15) is 0 Å². The second-order valence-corrected chi connectivity index (χ2v) is 4.21. The van der Waals surface area contributed by atoms with Crippen LogP contribution in [0.3, 0.4) is 0 Å². The Kier molecular flexibility index (Phi) is 2.57. The van der Waals surface area contributed by atoms with Gasteiger partial charge in [0, 0.05) is 30.1 Å². The number of pyridine rings is 1. The zero-order valence-electron chi connectivity index (χ0n) is 9.77. The molecule has 1 aliphatic heterocycles. The molecule has 3 rings (SSSR count). The molecule has 1 aliphatic rings. The number of rotatable bonds is 1. The lowest BCUT2D eigenvalue weighted by Crippen LogP contribution is -2.26. The molecule has 0 aliphatic carbocycles. The van der Waals surface area contributed by atoms with Gasteiger partial charge in [-0.15, -0.1) is 0 Å². The maximum atomic E-state index is 4.58. The third kappa shape index (κ3) is 1.91. The summed E-state index contributed by atoms with van der Waals surface area (Å²) in [4.78, 5) is 13.2. The molecule has 2 aromatic heterocycles. The van der Waals surface area contributed by atoms with Gasteiger partial charge < -0.3 is 5.32 Å². The predicted octanol–water partition coefficient (Wildman–Crippen LogP) is 1.49. The second kappa shape index (κ2) is 4.22. The van der Waals surface area contributed by atoms with E-state index in [1.165, 1.54) is 5.56 Å². The van der Waals surface area contributed by atoms with Gasteiger partial charge in [-0.05, 0) is 32.0 Å². The highest BCUT2D eigenvalue weighted by molar-refractivity contribution is 5.63.